The van der Waals surface area contributed by atoms with Gasteiger partial charge in [0.1, 0.15) is 6.29 Å². The fourth-order valence-corrected chi connectivity index (χ4v) is 0.924. The molecule has 14 heavy (non-hydrogen) atoms. The van der Waals surface area contributed by atoms with E-state index in [0.717, 1.165) is 0 Å². The van der Waals surface area contributed by atoms with Gasteiger partial charge in [0.15, 0.2) is 5.75 Å². The Morgan fingerprint density at radius 3 is 2.79 bits per heavy atom. The SMILES string of the molecule is Nc1ccccc1OC(=O)CCC=O. The van der Waals surface area contributed by atoms with Gasteiger partial charge in [0.05, 0.1) is 12.1 Å². The van der Waals surface area contributed by atoms with E-state index in [1.54, 1.807) is 24.3 Å². The zero-order valence-electron chi connectivity index (χ0n) is 7.60. The number of hydrogen-bond donors (Lipinski definition) is 1. The van der Waals surface area contributed by atoms with Gasteiger partial charge in [0, 0.05) is 6.42 Å². The summed E-state index contributed by atoms with van der Waals surface area (Å²) in [6.07, 6.45) is 0.930. The predicted octanol–water partition coefficient (Wildman–Crippen LogP) is 1.15. The monoisotopic (exact) mass is 193 g/mol. The van der Waals surface area contributed by atoms with E-state index in [-0.39, 0.29) is 12.8 Å². The predicted molar refractivity (Wildman–Crippen MR) is 51.8 cm³/mol. The second-order valence-electron chi connectivity index (χ2n) is 2.72. The lowest BCUT2D eigenvalue weighted by atomic mass is 10.3. The van der Waals surface area contributed by atoms with Crippen molar-refractivity contribution in [2.24, 2.45) is 0 Å². The lowest BCUT2D eigenvalue weighted by Crippen LogP contribution is -2.08. The summed E-state index contributed by atoms with van der Waals surface area (Å²) in [4.78, 5) is 21.1. The van der Waals surface area contributed by atoms with Crippen LogP contribution in [0.15, 0.2) is 24.3 Å². The number of esters is 1. The highest BCUT2D eigenvalue weighted by Gasteiger charge is 2.05. The second kappa shape index (κ2) is 5.01. The van der Waals surface area contributed by atoms with Gasteiger partial charge in [-0.2, -0.15) is 0 Å². The first-order valence-corrected chi connectivity index (χ1v) is 4.23. The number of nitrogens with two attached hydrogens (primary N) is 1. The third-order valence-electron chi connectivity index (χ3n) is 1.61. The van der Waals surface area contributed by atoms with Crippen LogP contribution in [-0.2, 0) is 9.59 Å². The molecule has 4 heteroatoms. The molecule has 0 heterocycles. The van der Waals surface area contributed by atoms with Gasteiger partial charge in [-0.3, -0.25) is 4.79 Å². The topological polar surface area (TPSA) is 69.4 Å². The van der Waals surface area contributed by atoms with E-state index in [4.69, 9.17) is 10.5 Å². The van der Waals surface area contributed by atoms with Gasteiger partial charge in [0.25, 0.3) is 0 Å². The Kier molecular flexibility index (Phi) is 3.67. The van der Waals surface area contributed by atoms with Crippen molar-refractivity contribution in [2.75, 3.05) is 5.73 Å². The van der Waals surface area contributed by atoms with E-state index in [9.17, 15) is 9.59 Å². The van der Waals surface area contributed by atoms with Crippen LogP contribution >= 0.6 is 0 Å². The largest absolute Gasteiger partial charge is 0.424 e. The van der Waals surface area contributed by atoms with Crippen LogP contribution in [0.25, 0.3) is 0 Å². The molecule has 0 spiro atoms. The van der Waals surface area contributed by atoms with E-state index >= 15 is 0 Å². The number of rotatable bonds is 4. The summed E-state index contributed by atoms with van der Waals surface area (Å²) in [6.45, 7) is 0. The summed E-state index contributed by atoms with van der Waals surface area (Å²) < 4.78 is 4.92. The van der Waals surface area contributed by atoms with Crippen LogP contribution in [0.2, 0.25) is 0 Å². The van der Waals surface area contributed by atoms with Crippen molar-refractivity contribution in [3.8, 4) is 5.75 Å². The van der Waals surface area contributed by atoms with Crippen LogP contribution in [0.5, 0.6) is 5.75 Å². The van der Waals surface area contributed by atoms with Gasteiger partial charge in [-0.1, -0.05) is 12.1 Å². The van der Waals surface area contributed by atoms with Crippen LogP contribution in [0.4, 0.5) is 5.69 Å². The van der Waals surface area contributed by atoms with E-state index in [1.807, 2.05) is 0 Å². The Morgan fingerprint density at radius 1 is 1.43 bits per heavy atom. The fourth-order valence-electron chi connectivity index (χ4n) is 0.924. The molecule has 1 aromatic carbocycles. The molecule has 1 aromatic rings. The van der Waals surface area contributed by atoms with E-state index in [0.29, 0.717) is 17.7 Å². The number of carbonyl (C=O) groups excluding carboxylic acids is 2. The standard InChI is InChI=1S/C10H11NO3/c11-8-4-1-2-5-9(8)14-10(13)6-3-7-12/h1-2,4-5,7H,3,6,11H2. The van der Waals surface area contributed by atoms with Crippen molar-refractivity contribution >= 4 is 17.9 Å². The van der Waals surface area contributed by atoms with Crippen molar-refractivity contribution in [3.63, 3.8) is 0 Å². The average molecular weight is 193 g/mol. The normalized spacial score (nSPS) is 9.43. The molecule has 0 aliphatic heterocycles. The van der Waals surface area contributed by atoms with Crippen LogP contribution in [0.1, 0.15) is 12.8 Å². The molecule has 0 aromatic heterocycles. The van der Waals surface area contributed by atoms with Crippen LogP contribution in [0.3, 0.4) is 0 Å². The highest BCUT2D eigenvalue weighted by molar-refractivity contribution is 5.76. The van der Waals surface area contributed by atoms with Crippen LogP contribution < -0.4 is 10.5 Å². The number of para-hydroxylation sites is 2. The van der Waals surface area contributed by atoms with Gasteiger partial charge in [-0.05, 0) is 12.1 Å². The molecule has 4 nitrogen and oxygen atoms in total. The Morgan fingerprint density at radius 2 is 2.14 bits per heavy atom. The average Bonchev–Trinajstić information content (AvgIpc) is 2.18. The van der Waals surface area contributed by atoms with Gasteiger partial charge in [0.2, 0.25) is 0 Å². The maximum Gasteiger partial charge on any atom is 0.311 e. The molecule has 0 amide bonds. The van der Waals surface area contributed by atoms with Crippen molar-refractivity contribution < 1.29 is 14.3 Å². The van der Waals surface area contributed by atoms with Crippen LogP contribution in [-0.4, -0.2) is 12.3 Å². The van der Waals surface area contributed by atoms with Gasteiger partial charge >= 0.3 is 5.97 Å². The highest BCUT2D eigenvalue weighted by Crippen LogP contribution is 2.20. The van der Waals surface area contributed by atoms with E-state index < -0.39 is 5.97 Å². The molecule has 0 bridgehead atoms. The molecule has 1 rings (SSSR count). The number of aldehydes is 1. The van der Waals surface area contributed by atoms with E-state index in [1.165, 1.54) is 0 Å². The van der Waals surface area contributed by atoms with E-state index in [2.05, 4.69) is 0 Å². The number of anilines is 1. The molecule has 2 N–H and O–H groups in total. The summed E-state index contributed by atoms with van der Waals surface area (Å²) >= 11 is 0. The number of hydrogen-bond acceptors (Lipinski definition) is 4. The fraction of sp³-hybridized carbons (Fsp3) is 0.200. The first-order valence-electron chi connectivity index (χ1n) is 4.23. The summed E-state index contributed by atoms with van der Waals surface area (Å²) in [6, 6.07) is 6.72. The van der Waals surface area contributed by atoms with Crippen molar-refractivity contribution in [1.82, 2.24) is 0 Å². The molecule has 0 saturated carbocycles. The number of nitrogen functional groups attached to an aromatic ring is 1. The Bertz CT molecular complexity index is 336. The molecule has 0 atom stereocenters. The zero-order valence-corrected chi connectivity index (χ0v) is 7.60. The minimum atomic E-state index is -0.449. The smallest absolute Gasteiger partial charge is 0.311 e. The third-order valence-corrected chi connectivity index (χ3v) is 1.61. The molecule has 0 fully saturated rings. The summed E-state index contributed by atoms with van der Waals surface area (Å²) in [5, 5.41) is 0. The molecular formula is C10H11NO3. The van der Waals surface area contributed by atoms with Crippen molar-refractivity contribution in [1.29, 1.82) is 0 Å². The molecule has 0 aliphatic rings. The Labute approximate surface area is 81.7 Å². The van der Waals surface area contributed by atoms with Crippen molar-refractivity contribution in [3.05, 3.63) is 24.3 Å². The quantitative estimate of drug-likeness (QED) is 0.337. The molecular weight excluding hydrogens is 182 g/mol. The second-order valence-corrected chi connectivity index (χ2v) is 2.72. The molecule has 0 saturated heterocycles. The first kappa shape index (κ1) is 10.2. The number of ether oxygens (including phenoxy) is 1. The minimum absolute atomic E-state index is 0.0812. The number of carbonyl (C=O) groups is 2. The van der Waals surface area contributed by atoms with Gasteiger partial charge in [-0.15, -0.1) is 0 Å². The molecule has 0 unspecified atom stereocenters. The zero-order chi connectivity index (χ0) is 10.4. The lowest BCUT2D eigenvalue weighted by Gasteiger charge is -2.04. The third kappa shape index (κ3) is 2.90. The molecule has 0 radical (unpaired) electrons. The van der Waals surface area contributed by atoms with Crippen LogP contribution in [0, 0.1) is 0 Å². The maximum absolute atomic E-state index is 11.1. The van der Waals surface area contributed by atoms with Gasteiger partial charge in [-0.25, -0.2) is 0 Å². The van der Waals surface area contributed by atoms with Gasteiger partial charge < -0.3 is 15.3 Å². The highest BCUT2D eigenvalue weighted by atomic mass is 16.5. The molecule has 0 aliphatic carbocycles. The Hall–Kier alpha value is -1.84. The molecule has 74 valence electrons. The first-order chi connectivity index (χ1) is 6.74. The summed E-state index contributed by atoms with van der Waals surface area (Å²) in [7, 11) is 0. The number of benzene rings is 1. The maximum atomic E-state index is 11.1. The van der Waals surface area contributed by atoms with Crippen molar-refractivity contribution in [2.45, 2.75) is 12.8 Å². The summed E-state index contributed by atoms with van der Waals surface area (Å²) in [5.41, 5.74) is 5.96. The lowest BCUT2D eigenvalue weighted by molar-refractivity contribution is -0.135. The minimum Gasteiger partial charge on any atom is -0.424 e. The summed E-state index contributed by atoms with van der Waals surface area (Å²) in [5.74, 6) is -0.113. The Balaban J connectivity index is 2.56.